The molecule has 0 aliphatic carbocycles. The smallest absolute Gasteiger partial charge is 0.338 e. The maximum absolute atomic E-state index is 12.1. The van der Waals surface area contributed by atoms with Crippen molar-refractivity contribution in [2.24, 2.45) is 0 Å². The summed E-state index contributed by atoms with van der Waals surface area (Å²) in [6, 6.07) is 20.4. The van der Waals surface area contributed by atoms with E-state index in [9.17, 15) is 9.90 Å². The topological polar surface area (TPSA) is 59.0 Å². The van der Waals surface area contributed by atoms with E-state index in [2.05, 4.69) is 63.8 Å². The van der Waals surface area contributed by atoms with E-state index < -0.39 is 0 Å². The van der Waals surface area contributed by atoms with Crippen molar-refractivity contribution >= 4 is 11.7 Å². The molecular weight excluding hydrogens is 462 g/mol. The number of benzene rings is 3. The summed E-state index contributed by atoms with van der Waals surface area (Å²) in [5.74, 6) is 0.473. The number of anilines is 1. The first-order chi connectivity index (χ1) is 17.7. The van der Waals surface area contributed by atoms with Gasteiger partial charge in [-0.1, -0.05) is 45.0 Å². The van der Waals surface area contributed by atoms with Crippen molar-refractivity contribution in [1.29, 1.82) is 0 Å². The number of aliphatic hydroxyl groups excluding tert-OH is 1. The van der Waals surface area contributed by atoms with Gasteiger partial charge in [-0.3, -0.25) is 0 Å². The Labute approximate surface area is 222 Å². The van der Waals surface area contributed by atoms with Crippen LogP contribution in [-0.4, -0.2) is 44.0 Å². The Morgan fingerprint density at radius 3 is 2.11 bits per heavy atom. The van der Waals surface area contributed by atoms with Crippen molar-refractivity contribution in [3.8, 4) is 28.0 Å². The summed E-state index contributed by atoms with van der Waals surface area (Å²) in [6.07, 6.45) is 0.574. The average molecular weight is 504 g/mol. The molecule has 0 heterocycles. The molecule has 0 bridgehead atoms. The normalized spacial score (nSPS) is 11.3. The van der Waals surface area contributed by atoms with Crippen LogP contribution in [0.25, 0.3) is 22.3 Å². The molecule has 1 N–H and O–H groups in total. The van der Waals surface area contributed by atoms with Crippen LogP contribution in [0.2, 0.25) is 0 Å². The summed E-state index contributed by atoms with van der Waals surface area (Å²) in [6.45, 7) is 15.7. The molecule has 0 amide bonds. The Morgan fingerprint density at radius 2 is 1.51 bits per heavy atom. The minimum Gasteiger partial charge on any atom is -0.493 e. The third-order valence-corrected chi connectivity index (χ3v) is 6.49. The molecule has 0 radical (unpaired) electrons. The van der Waals surface area contributed by atoms with Crippen LogP contribution in [0.4, 0.5) is 5.69 Å². The zero-order chi connectivity index (χ0) is 27.0. The number of ether oxygens (including phenoxy) is 2. The van der Waals surface area contributed by atoms with Gasteiger partial charge in [0.2, 0.25) is 0 Å². The molecule has 5 nitrogen and oxygen atoms in total. The molecular formula is C32H41NO4. The number of carbonyl (C=O) groups excluding carboxylic acids is 1. The molecule has 0 saturated heterocycles. The van der Waals surface area contributed by atoms with Crippen LogP contribution in [0.3, 0.4) is 0 Å². The van der Waals surface area contributed by atoms with Gasteiger partial charge in [-0.05, 0) is 84.8 Å². The fourth-order valence-corrected chi connectivity index (χ4v) is 4.47. The zero-order valence-electron chi connectivity index (χ0n) is 23.1. The molecule has 0 aliphatic rings. The summed E-state index contributed by atoms with van der Waals surface area (Å²) in [5, 5.41) is 9.26. The van der Waals surface area contributed by atoms with Crippen LogP contribution in [0, 0.1) is 0 Å². The molecule has 3 aromatic carbocycles. The van der Waals surface area contributed by atoms with Crippen LogP contribution in [-0.2, 0) is 10.2 Å². The minimum atomic E-state index is -0.314. The first-order valence-electron chi connectivity index (χ1n) is 13.3. The second kappa shape index (κ2) is 12.8. The van der Waals surface area contributed by atoms with Gasteiger partial charge < -0.3 is 19.5 Å². The standard InChI is InChI=1S/C32H41NO4/c1-7-33(8-2)29-17-15-26(22-28(29)32(4,5)6)27-21-25(16-18-30(27)37-20-10-19-34)23-11-13-24(14-12-23)31(35)36-9-3/h11-18,21-22,34H,7-10,19-20H2,1-6H3. The van der Waals surface area contributed by atoms with Crippen molar-refractivity contribution in [3.05, 3.63) is 71.8 Å². The third-order valence-electron chi connectivity index (χ3n) is 6.49. The largest absolute Gasteiger partial charge is 0.493 e. The number of aliphatic hydroxyl groups is 1. The average Bonchev–Trinajstić information content (AvgIpc) is 2.89. The summed E-state index contributed by atoms with van der Waals surface area (Å²) < 4.78 is 11.2. The van der Waals surface area contributed by atoms with E-state index >= 15 is 0 Å². The fraction of sp³-hybridized carbons (Fsp3) is 0.406. The summed E-state index contributed by atoms with van der Waals surface area (Å²) in [5.41, 5.74) is 7.18. The Hall–Kier alpha value is -3.31. The SMILES string of the molecule is CCOC(=O)c1ccc(-c2ccc(OCCCO)c(-c3ccc(N(CC)CC)c(C(C)(C)C)c3)c2)cc1. The van der Waals surface area contributed by atoms with E-state index in [0.29, 0.717) is 25.2 Å². The van der Waals surface area contributed by atoms with Gasteiger partial charge in [0.05, 0.1) is 18.8 Å². The summed E-state index contributed by atoms with van der Waals surface area (Å²) in [4.78, 5) is 14.5. The van der Waals surface area contributed by atoms with Crippen LogP contribution in [0.1, 0.15) is 63.9 Å². The van der Waals surface area contributed by atoms with E-state index in [4.69, 9.17) is 9.47 Å². The third kappa shape index (κ3) is 6.92. The quantitative estimate of drug-likeness (QED) is 0.223. The molecule has 0 atom stereocenters. The molecule has 5 heteroatoms. The molecule has 0 unspecified atom stereocenters. The van der Waals surface area contributed by atoms with Crippen molar-refractivity contribution in [2.45, 2.75) is 53.4 Å². The van der Waals surface area contributed by atoms with Crippen LogP contribution in [0.5, 0.6) is 5.75 Å². The second-order valence-corrected chi connectivity index (χ2v) is 10.1. The maximum atomic E-state index is 12.1. The lowest BCUT2D eigenvalue weighted by Gasteiger charge is -2.31. The predicted octanol–water partition coefficient (Wildman–Crippen LogP) is 7.10. The van der Waals surface area contributed by atoms with Crippen LogP contribution < -0.4 is 9.64 Å². The maximum Gasteiger partial charge on any atom is 0.338 e. The molecule has 0 saturated carbocycles. The van der Waals surface area contributed by atoms with Gasteiger partial charge in [0.1, 0.15) is 5.75 Å². The van der Waals surface area contributed by atoms with Gasteiger partial charge in [-0.25, -0.2) is 4.79 Å². The molecule has 3 rings (SSSR count). The lowest BCUT2D eigenvalue weighted by atomic mass is 9.83. The highest BCUT2D eigenvalue weighted by atomic mass is 16.5. The first kappa shape index (κ1) is 28.3. The van der Waals surface area contributed by atoms with E-state index in [1.54, 1.807) is 19.1 Å². The Kier molecular flexibility index (Phi) is 9.76. The Morgan fingerprint density at radius 1 is 0.865 bits per heavy atom. The molecule has 198 valence electrons. The zero-order valence-corrected chi connectivity index (χ0v) is 23.1. The number of hydrogen-bond acceptors (Lipinski definition) is 5. The fourth-order valence-electron chi connectivity index (χ4n) is 4.47. The van der Waals surface area contributed by atoms with Gasteiger partial charge in [0, 0.05) is 37.4 Å². The minimum absolute atomic E-state index is 0.0353. The van der Waals surface area contributed by atoms with Crippen molar-refractivity contribution in [2.75, 3.05) is 37.8 Å². The van der Waals surface area contributed by atoms with Gasteiger partial charge in [-0.15, -0.1) is 0 Å². The van der Waals surface area contributed by atoms with E-state index in [1.807, 2.05) is 24.3 Å². The first-order valence-corrected chi connectivity index (χ1v) is 13.3. The van der Waals surface area contributed by atoms with E-state index in [1.165, 1.54) is 11.3 Å². The highest BCUT2D eigenvalue weighted by Gasteiger charge is 2.22. The lowest BCUT2D eigenvalue weighted by molar-refractivity contribution is 0.0526. The number of esters is 1. The van der Waals surface area contributed by atoms with Crippen LogP contribution >= 0.6 is 0 Å². The molecule has 37 heavy (non-hydrogen) atoms. The monoisotopic (exact) mass is 503 g/mol. The number of rotatable bonds is 11. The summed E-state index contributed by atoms with van der Waals surface area (Å²) >= 11 is 0. The van der Waals surface area contributed by atoms with Crippen molar-refractivity contribution < 1.29 is 19.4 Å². The number of hydrogen-bond donors (Lipinski definition) is 1. The molecule has 0 fully saturated rings. The Balaban J connectivity index is 2.10. The van der Waals surface area contributed by atoms with Gasteiger partial charge in [0.25, 0.3) is 0 Å². The second-order valence-electron chi connectivity index (χ2n) is 10.1. The molecule has 0 aliphatic heterocycles. The molecule has 0 aromatic heterocycles. The predicted molar refractivity (Wildman–Crippen MR) is 153 cm³/mol. The molecule has 0 spiro atoms. The van der Waals surface area contributed by atoms with Gasteiger partial charge >= 0.3 is 5.97 Å². The Bertz CT molecular complexity index is 1170. The van der Waals surface area contributed by atoms with Gasteiger partial charge in [-0.2, -0.15) is 0 Å². The molecule has 3 aromatic rings. The van der Waals surface area contributed by atoms with Crippen molar-refractivity contribution in [3.63, 3.8) is 0 Å². The highest BCUT2D eigenvalue weighted by Crippen LogP contribution is 2.40. The van der Waals surface area contributed by atoms with E-state index in [0.717, 1.165) is 41.1 Å². The highest BCUT2D eigenvalue weighted by molar-refractivity contribution is 5.90. The van der Waals surface area contributed by atoms with E-state index in [-0.39, 0.29) is 18.0 Å². The number of carbonyl (C=O) groups is 1. The van der Waals surface area contributed by atoms with Crippen LogP contribution in [0.15, 0.2) is 60.7 Å². The number of nitrogens with zero attached hydrogens (tertiary/aromatic N) is 1. The summed E-state index contributed by atoms with van der Waals surface area (Å²) in [7, 11) is 0. The lowest BCUT2D eigenvalue weighted by Crippen LogP contribution is -2.26. The van der Waals surface area contributed by atoms with Crippen molar-refractivity contribution in [1.82, 2.24) is 0 Å². The van der Waals surface area contributed by atoms with Gasteiger partial charge in [0.15, 0.2) is 0 Å².